The molecular weight excluding hydrogens is 288 g/mol. The highest BCUT2D eigenvalue weighted by molar-refractivity contribution is 5.75. The Morgan fingerprint density at radius 2 is 1.55 bits per heavy atom. The zero-order valence-corrected chi connectivity index (χ0v) is 12.7. The van der Waals surface area contributed by atoms with Gasteiger partial charge in [-0.3, -0.25) is 25.1 Å². The minimum atomic E-state index is -0.557. The molecule has 1 aromatic rings. The zero-order chi connectivity index (χ0) is 16.3. The van der Waals surface area contributed by atoms with Gasteiger partial charge >= 0.3 is 0 Å². The molecule has 0 unspecified atom stereocenters. The first kappa shape index (κ1) is 16.2. The summed E-state index contributed by atoms with van der Waals surface area (Å²) in [4.78, 5) is 25.3. The van der Waals surface area contributed by atoms with Gasteiger partial charge in [-0.1, -0.05) is 13.8 Å². The summed E-state index contributed by atoms with van der Waals surface area (Å²) in [6.07, 6.45) is 0. The lowest BCUT2D eigenvalue weighted by Gasteiger charge is -2.36. The van der Waals surface area contributed by atoms with Crippen LogP contribution in [0.1, 0.15) is 13.8 Å². The normalized spacial score (nSPS) is 16.0. The van der Waals surface area contributed by atoms with Gasteiger partial charge in [0.15, 0.2) is 5.69 Å². The lowest BCUT2D eigenvalue weighted by molar-refractivity contribution is -0.392. The molecule has 0 saturated carbocycles. The quantitative estimate of drug-likeness (QED) is 0.612. The van der Waals surface area contributed by atoms with Gasteiger partial charge in [-0.25, -0.2) is 0 Å². The Balaban J connectivity index is 2.25. The van der Waals surface area contributed by atoms with Crippen molar-refractivity contribution in [3.05, 3.63) is 44.3 Å². The number of hydrogen-bond donors (Lipinski definition) is 0. The van der Waals surface area contributed by atoms with Gasteiger partial charge < -0.3 is 4.90 Å². The molecule has 0 bridgehead atoms. The summed E-state index contributed by atoms with van der Waals surface area (Å²) in [5, 5.41) is 22.4. The van der Waals surface area contributed by atoms with Gasteiger partial charge in [-0.15, -0.1) is 0 Å². The van der Waals surface area contributed by atoms with Crippen LogP contribution in [0.15, 0.2) is 18.2 Å². The zero-order valence-electron chi connectivity index (χ0n) is 12.7. The number of para-hydroxylation sites is 1. The fourth-order valence-electron chi connectivity index (χ4n) is 2.71. The monoisotopic (exact) mass is 307 g/mol. The molecule has 1 aliphatic heterocycles. The minimum Gasteiger partial charge on any atom is -0.358 e. The van der Waals surface area contributed by atoms with Crippen LogP contribution in [0.3, 0.4) is 0 Å². The molecule has 1 aromatic carbocycles. The average Bonchev–Trinajstić information content (AvgIpc) is 2.46. The van der Waals surface area contributed by atoms with Crippen LogP contribution in [0.5, 0.6) is 0 Å². The molecule has 22 heavy (non-hydrogen) atoms. The molecule has 1 fully saturated rings. The van der Waals surface area contributed by atoms with Crippen LogP contribution in [0.4, 0.5) is 17.1 Å². The van der Waals surface area contributed by atoms with Crippen molar-refractivity contribution in [2.45, 2.75) is 13.8 Å². The van der Waals surface area contributed by atoms with Crippen molar-refractivity contribution in [2.24, 2.45) is 0 Å². The Kier molecular flexibility index (Phi) is 4.92. The van der Waals surface area contributed by atoms with Crippen molar-refractivity contribution >= 4 is 17.1 Å². The molecule has 0 aliphatic carbocycles. The van der Waals surface area contributed by atoms with Crippen molar-refractivity contribution in [1.82, 2.24) is 4.90 Å². The minimum absolute atomic E-state index is 0.120. The number of nitrogens with zero attached hydrogens (tertiary/aromatic N) is 4. The summed E-state index contributed by atoms with van der Waals surface area (Å²) in [7, 11) is 0. The number of nitro benzene ring substituents is 2. The largest absolute Gasteiger partial charge is 0.358 e. The van der Waals surface area contributed by atoms with Crippen LogP contribution in [0.2, 0.25) is 0 Å². The molecule has 1 radical (unpaired) electrons. The van der Waals surface area contributed by atoms with E-state index in [9.17, 15) is 20.2 Å². The Morgan fingerprint density at radius 3 is 1.95 bits per heavy atom. The van der Waals surface area contributed by atoms with E-state index in [2.05, 4.69) is 18.7 Å². The number of rotatable bonds is 5. The van der Waals surface area contributed by atoms with E-state index in [0.29, 0.717) is 13.1 Å². The smallest absolute Gasteiger partial charge is 0.299 e. The second-order valence-electron chi connectivity index (χ2n) is 5.63. The predicted molar refractivity (Wildman–Crippen MR) is 83.0 cm³/mol. The average molecular weight is 307 g/mol. The number of nitro groups is 2. The van der Waals surface area contributed by atoms with Crippen LogP contribution in [-0.4, -0.2) is 47.5 Å². The maximum atomic E-state index is 11.2. The predicted octanol–water partition coefficient (Wildman–Crippen LogP) is 2.24. The highest BCUT2D eigenvalue weighted by Gasteiger charge is 2.31. The van der Waals surface area contributed by atoms with Crippen molar-refractivity contribution in [3.8, 4) is 0 Å². The van der Waals surface area contributed by atoms with E-state index in [1.165, 1.54) is 24.1 Å². The van der Waals surface area contributed by atoms with E-state index in [1.54, 1.807) is 4.90 Å². The van der Waals surface area contributed by atoms with Crippen LogP contribution < -0.4 is 4.90 Å². The van der Waals surface area contributed by atoms with Gasteiger partial charge in [-0.05, 0) is 12.0 Å². The molecule has 0 amide bonds. The van der Waals surface area contributed by atoms with Crippen LogP contribution in [0.25, 0.3) is 0 Å². The summed E-state index contributed by atoms with van der Waals surface area (Å²) < 4.78 is 0. The van der Waals surface area contributed by atoms with Crippen LogP contribution in [-0.2, 0) is 0 Å². The number of benzene rings is 1. The Labute approximate surface area is 128 Å². The highest BCUT2D eigenvalue weighted by atomic mass is 16.6. The number of anilines is 1. The van der Waals surface area contributed by atoms with Crippen molar-refractivity contribution < 1.29 is 9.85 Å². The third kappa shape index (κ3) is 3.51. The molecule has 0 atom stereocenters. The maximum absolute atomic E-state index is 11.2. The Morgan fingerprint density at radius 1 is 1.05 bits per heavy atom. The number of piperazine rings is 1. The Hall–Kier alpha value is -2.22. The van der Waals surface area contributed by atoms with Crippen molar-refractivity contribution in [1.29, 1.82) is 0 Å². The molecule has 0 aromatic heterocycles. The lowest BCUT2D eigenvalue weighted by Crippen LogP contribution is -2.47. The number of hydrogen-bond acceptors (Lipinski definition) is 6. The fourth-order valence-corrected chi connectivity index (χ4v) is 2.71. The summed E-state index contributed by atoms with van der Waals surface area (Å²) >= 11 is 0. The van der Waals surface area contributed by atoms with Crippen LogP contribution >= 0.6 is 0 Å². The van der Waals surface area contributed by atoms with Gasteiger partial charge in [0.25, 0.3) is 11.4 Å². The van der Waals surface area contributed by atoms with Crippen molar-refractivity contribution in [2.75, 3.05) is 37.6 Å². The molecule has 1 aliphatic rings. The molecular formula is C14H19N4O4. The van der Waals surface area contributed by atoms with E-state index in [4.69, 9.17) is 0 Å². The van der Waals surface area contributed by atoms with E-state index < -0.39 is 9.85 Å². The molecule has 2 rings (SSSR count). The van der Waals surface area contributed by atoms with Gasteiger partial charge in [0.1, 0.15) is 0 Å². The van der Waals surface area contributed by atoms with E-state index in [-0.39, 0.29) is 17.1 Å². The Bertz CT molecular complexity index is 536. The third-order valence-electron chi connectivity index (χ3n) is 3.62. The summed E-state index contributed by atoms with van der Waals surface area (Å²) in [6, 6.07) is 3.99. The molecule has 119 valence electrons. The highest BCUT2D eigenvalue weighted by Crippen LogP contribution is 2.37. The summed E-state index contributed by atoms with van der Waals surface area (Å²) in [6.45, 7) is 7.53. The first-order chi connectivity index (χ1) is 10.4. The third-order valence-corrected chi connectivity index (χ3v) is 3.62. The topological polar surface area (TPSA) is 92.8 Å². The molecule has 8 heteroatoms. The van der Waals surface area contributed by atoms with E-state index >= 15 is 0 Å². The van der Waals surface area contributed by atoms with Gasteiger partial charge in [0.05, 0.1) is 9.85 Å². The molecule has 1 saturated heterocycles. The van der Waals surface area contributed by atoms with Crippen molar-refractivity contribution in [3.63, 3.8) is 0 Å². The van der Waals surface area contributed by atoms with E-state index in [0.717, 1.165) is 19.6 Å². The second kappa shape index (κ2) is 6.69. The van der Waals surface area contributed by atoms with Gasteiger partial charge in [0, 0.05) is 44.9 Å². The lowest BCUT2D eigenvalue weighted by atomic mass is 10.1. The molecule has 1 heterocycles. The van der Waals surface area contributed by atoms with E-state index in [1.807, 2.05) is 0 Å². The summed E-state index contributed by atoms with van der Waals surface area (Å²) in [5.74, 6) is 1.30. The second-order valence-corrected chi connectivity index (χ2v) is 5.63. The standard InChI is InChI=1S/C14H19N4O4/c1-11(2)10-15-6-8-16(9-7-15)14-12(17(19)20)4-3-5-13(14)18(21)22/h3-5H,6-10H2,1-2H3. The SMILES string of the molecule is C[C](C)CN1CCN(c2c([N+](=O)[O-])cccc2[N+](=O)[O-])CC1. The molecule has 0 spiro atoms. The molecule has 8 nitrogen and oxygen atoms in total. The van der Waals surface area contributed by atoms with Gasteiger partial charge in [0.2, 0.25) is 0 Å². The fraction of sp³-hybridized carbons (Fsp3) is 0.500. The summed E-state index contributed by atoms with van der Waals surface area (Å²) in [5.41, 5.74) is -0.295. The van der Waals surface area contributed by atoms with Crippen LogP contribution in [0, 0.1) is 26.1 Å². The first-order valence-electron chi connectivity index (χ1n) is 7.08. The van der Waals surface area contributed by atoms with Gasteiger partial charge in [-0.2, -0.15) is 0 Å². The first-order valence-corrected chi connectivity index (χ1v) is 7.08. The molecule has 0 N–H and O–H groups in total. The maximum Gasteiger partial charge on any atom is 0.299 e.